The Balaban J connectivity index is 1.96. The Morgan fingerprint density at radius 1 is 1.55 bits per heavy atom. The van der Waals surface area contributed by atoms with Crippen LogP contribution in [0.2, 0.25) is 0 Å². The summed E-state index contributed by atoms with van der Waals surface area (Å²) in [4.78, 5) is 12.2. The van der Waals surface area contributed by atoms with Crippen LogP contribution in [0, 0.1) is 0 Å². The van der Waals surface area contributed by atoms with E-state index in [0.29, 0.717) is 29.8 Å². The van der Waals surface area contributed by atoms with Crippen molar-refractivity contribution in [1.82, 2.24) is 19.5 Å². The fourth-order valence-electron chi connectivity index (χ4n) is 2.39. The van der Waals surface area contributed by atoms with Crippen LogP contribution in [0.1, 0.15) is 19.1 Å². The van der Waals surface area contributed by atoms with Crippen molar-refractivity contribution >= 4 is 23.2 Å². The molecule has 0 amide bonds. The molecule has 1 aliphatic rings. The van der Waals surface area contributed by atoms with E-state index in [1.165, 1.54) is 12.5 Å². The van der Waals surface area contributed by atoms with Gasteiger partial charge in [-0.25, -0.2) is 15.0 Å². The highest BCUT2D eigenvalue weighted by molar-refractivity contribution is 5.81. The molecule has 1 aliphatic heterocycles. The number of nitrogens with zero attached hydrogens (tertiary/aromatic N) is 5. The highest BCUT2D eigenvalue weighted by atomic mass is 16.5. The molecule has 2 aromatic rings. The lowest BCUT2D eigenvalue weighted by Gasteiger charge is -2.22. The van der Waals surface area contributed by atoms with Crippen molar-refractivity contribution in [2.24, 2.45) is 5.16 Å². The molecule has 9 nitrogen and oxygen atoms in total. The summed E-state index contributed by atoms with van der Waals surface area (Å²) < 4.78 is 7.53. The van der Waals surface area contributed by atoms with Crippen LogP contribution in [-0.4, -0.2) is 48.3 Å². The van der Waals surface area contributed by atoms with Gasteiger partial charge in [-0.2, -0.15) is 0 Å². The second-order valence-electron chi connectivity index (χ2n) is 4.66. The van der Waals surface area contributed by atoms with Gasteiger partial charge in [-0.05, 0) is 12.8 Å². The van der Waals surface area contributed by atoms with E-state index in [0.717, 1.165) is 0 Å². The lowest BCUT2D eigenvalue weighted by molar-refractivity contribution is -0.0539. The van der Waals surface area contributed by atoms with Crippen molar-refractivity contribution in [2.75, 3.05) is 12.3 Å². The molecular weight excluding hydrogens is 264 g/mol. The number of aromatic nitrogens is 4. The summed E-state index contributed by atoms with van der Waals surface area (Å²) in [5.41, 5.74) is 5.83. The molecule has 4 N–H and O–H groups in total. The minimum atomic E-state index is -0.978. The lowest BCUT2D eigenvalue weighted by atomic mass is 10.0. The van der Waals surface area contributed by atoms with Gasteiger partial charge in [0, 0.05) is 0 Å². The average molecular weight is 278 g/mol. The second-order valence-corrected chi connectivity index (χ2v) is 4.66. The summed E-state index contributed by atoms with van der Waals surface area (Å²) in [6, 6.07) is 0. The molecule has 0 saturated carbocycles. The number of aliphatic hydroxyl groups is 1. The Bertz CT molecular complexity index is 657. The maximum absolute atomic E-state index is 9.42. The number of rotatable bonds is 3. The van der Waals surface area contributed by atoms with E-state index in [1.54, 1.807) is 10.9 Å². The summed E-state index contributed by atoms with van der Waals surface area (Å²) in [7, 11) is 0. The maximum atomic E-state index is 9.42. The fourth-order valence-corrected chi connectivity index (χ4v) is 2.39. The van der Waals surface area contributed by atoms with Crippen LogP contribution in [0.15, 0.2) is 17.8 Å². The van der Waals surface area contributed by atoms with Gasteiger partial charge < -0.3 is 20.8 Å². The number of imidazole rings is 1. The quantitative estimate of drug-likeness (QED) is 0.406. The topological polar surface area (TPSA) is 132 Å². The Labute approximate surface area is 113 Å². The zero-order chi connectivity index (χ0) is 14.2. The first-order valence-corrected chi connectivity index (χ1v) is 6.09. The van der Waals surface area contributed by atoms with Crippen molar-refractivity contribution in [3.8, 4) is 0 Å². The van der Waals surface area contributed by atoms with E-state index in [2.05, 4.69) is 20.1 Å². The molecule has 20 heavy (non-hydrogen) atoms. The molecule has 9 heteroatoms. The fraction of sp³-hybridized carbons (Fsp3) is 0.455. The predicted molar refractivity (Wildman–Crippen MR) is 69.2 cm³/mol. The predicted octanol–water partition coefficient (Wildman–Crippen LogP) is -0.0914. The zero-order valence-corrected chi connectivity index (χ0v) is 10.5. The second kappa shape index (κ2) is 4.69. The van der Waals surface area contributed by atoms with Crippen molar-refractivity contribution in [1.29, 1.82) is 0 Å². The number of anilines is 1. The van der Waals surface area contributed by atoms with E-state index in [1.807, 2.05) is 0 Å². The summed E-state index contributed by atoms with van der Waals surface area (Å²) >= 11 is 0. The van der Waals surface area contributed by atoms with E-state index >= 15 is 0 Å². The summed E-state index contributed by atoms with van der Waals surface area (Å²) in [6.07, 6.45) is 4.93. The molecule has 0 bridgehead atoms. The first-order valence-electron chi connectivity index (χ1n) is 6.09. The van der Waals surface area contributed by atoms with Crippen LogP contribution in [0.4, 0.5) is 5.82 Å². The van der Waals surface area contributed by atoms with E-state index in [4.69, 9.17) is 15.7 Å². The SMILES string of the molecule is Nc1ncnc2c1ncn2[C@H]1CC[C@@](/C=N\O)(CO)O1. The van der Waals surface area contributed by atoms with Crippen LogP contribution < -0.4 is 5.73 Å². The number of aliphatic hydroxyl groups excluding tert-OH is 1. The van der Waals surface area contributed by atoms with Gasteiger partial charge in [0.05, 0.1) is 19.1 Å². The standard InChI is InChI=1S/C11H14N6O3/c12-9-8-10(14-5-13-9)17(6-15-8)7-1-2-11(4-18,20-7)3-16-19/h3,5-7,18-19H,1-2,4H2,(H2,12,13,14)/b16-3-/t7-,11-/m1/s1. The molecule has 2 atom stereocenters. The first-order chi connectivity index (χ1) is 9.69. The monoisotopic (exact) mass is 278 g/mol. The highest BCUT2D eigenvalue weighted by Gasteiger charge is 2.40. The van der Waals surface area contributed by atoms with Gasteiger partial charge in [-0.3, -0.25) is 4.57 Å². The third-order valence-electron chi connectivity index (χ3n) is 3.44. The Morgan fingerprint density at radius 2 is 2.40 bits per heavy atom. The van der Waals surface area contributed by atoms with Gasteiger partial charge >= 0.3 is 0 Å². The molecule has 1 fully saturated rings. The number of nitrogens with two attached hydrogens (primary N) is 1. The minimum Gasteiger partial charge on any atom is -0.411 e. The third-order valence-corrected chi connectivity index (χ3v) is 3.44. The number of ether oxygens (including phenoxy) is 1. The molecular formula is C11H14N6O3. The van der Waals surface area contributed by atoms with Crippen molar-refractivity contribution < 1.29 is 15.1 Å². The molecule has 0 unspecified atom stereocenters. The van der Waals surface area contributed by atoms with Gasteiger partial charge in [0.1, 0.15) is 23.7 Å². The van der Waals surface area contributed by atoms with Crippen LogP contribution in [0.5, 0.6) is 0 Å². The van der Waals surface area contributed by atoms with E-state index in [-0.39, 0.29) is 12.8 Å². The Hall–Kier alpha value is -2.26. The van der Waals surface area contributed by atoms with Gasteiger partial charge in [0.15, 0.2) is 11.5 Å². The maximum Gasteiger partial charge on any atom is 0.167 e. The molecule has 0 aliphatic carbocycles. The van der Waals surface area contributed by atoms with Crippen LogP contribution in [-0.2, 0) is 4.74 Å². The van der Waals surface area contributed by atoms with E-state index in [9.17, 15) is 5.11 Å². The Kier molecular flexibility index (Phi) is 2.99. The van der Waals surface area contributed by atoms with Crippen LogP contribution in [0.3, 0.4) is 0 Å². The molecule has 3 rings (SSSR count). The van der Waals surface area contributed by atoms with Crippen LogP contribution >= 0.6 is 0 Å². The van der Waals surface area contributed by atoms with Crippen molar-refractivity contribution in [3.63, 3.8) is 0 Å². The number of nitrogen functional groups attached to an aromatic ring is 1. The summed E-state index contributed by atoms with van der Waals surface area (Å²) in [5.74, 6) is 0.303. The molecule has 0 radical (unpaired) electrons. The average Bonchev–Trinajstić information content (AvgIpc) is 3.04. The van der Waals surface area contributed by atoms with Gasteiger partial charge in [0.2, 0.25) is 0 Å². The number of oxime groups is 1. The number of hydrogen-bond donors (Lipinski definition) is 3. The largest absolute Gasteiger partial charge is 0.411 e. The van der Waals surface area contributed by atoms with Gasteiger partial charge in [0.25, 0.3) is 0 Å². The van der Waals surface area contributed by atoms with Crippen LogP contribution in [0.25, 0.3) is 11.2 Å². The Morgan fingerprint density at radius 3 is 3.15 bits per heavy atom. The number of hydrogen-bond acceptors (Lipinski definition) is 8. The van der Waals surface area contributed by atoms with Crippen molar-refractivity contribution in [3.05, 3.63) is 12.7 Å². The molecule has 1 saturated heterocycles. The van der Waals surface area contributed by atoms with Gasteiger partial charge in [-0.1, -0.05) is 5.16 Å². The summed E-state index contributed by atoms with van der Waals surface area (Å²) in [5, 5.41) is 21.1. The first kappa shape index (κ1) is 12.8. The third kappa shape index (κ3) is 1.87. The summed E-state index contributed by atoms with van der Waals surface area (Å²) in [6.45, 7) is -0.267. The van der Waals surface area contributed by atoms with Gasteiger partial charge in [-0.15, -0.1) is 0 Å². The lowest BCUT2D eigenvalue weighted by Crippen LogP contribution is -2.35. The minimum absolute atomic E-state index is 0.267. The molecule has 2 aromatic heterocycles. The normalized spacial score (nSPS) is 26.8. The highest BCUT2D eigenvalue weighted by Crippen LogP contribution is 2.36. The van der Waals surface area contributed by atoms with Crippen molar-refractivity contribution in [2.45, 2.75) is 24.7 Å². The number of fused-ring (bicyclic) bond motifs is 1. The molecule has 3 heterocycles. The zero-order valence-electron chi connectivity index (χ0n) is 10.5. The molecule has 106 valence electrons. The smallest absolute Gasteiger partial charge is 0.167 e. The molecule has 0 spiro atoms. The van der Waals surface area contributed by atoms with E-state index < -0.39 is 5.60 Å². The molecule has 0 aromatic carbocycles.